The van der Waals surface area contributed by atoms with Crippen LogP contribution in [0.2, 0.25) is 0 Å². The maximum absolute atomic E-state index is 8.41. The predicted octanol–water partition coefficient (Wildman–Crippen LogP) is 5.19. The van der Waals surface area contributed by atoms with Crippen LogP contribution in [0.4, 0.5) is 5.69 Å². The first-order valence-corrected chi connectivity index (χ1v) is 6.56. The molecule has 0 aliphatic rings. The van der Waals surface area contributed by atoms with Crippen molar-refractivity contribution < 1.29 is 0 Å². The van der Waals surface area contributed by atoms with Crippen LogP contribution in [0.5, 0.6) is 0 Å². The minimum atomic E-state index is 0.697. The largest absolute Gasteiger partial charge is 0.0622 e. The van der Waals surface area contributed by atoms with Crippen LogP contribution >= 0.6 is 0 Å². The third-order valence-electron chi connectivity index (χ3n) is 3.09. The lowest BCUT2D eigenvalue weighted by Crippen LogP contribution is -1.89. The quantitative estimate of drug-likeness (QED) is 0.293. The number of unbranched alkanes of at least 4 members (excludes halogenated alkanes) is 1. The molecule has 0 radical (unpaired) electrons. The summed E-state index contributed by atoms with van der Waals surface area (Å²) in [6.45, 7) is 0. The standard InChI is InChI=1S/C16H17N3/c17-19-18-16-12-6-11-15(13-16)10-5-4-9-14-7-2-1-3-8-14/h1-3,6-8,11-13H,4-5,9-10H2. The van der Waals surface area contributed by atoms with Crippen LogP contribution in [0.25, 0.3) is 10.4 Å². The molecule has 3 nitrogen and oxygen atoms in total. The summed E-state index contributed by atoms with van der Waals surface area (Å²) in [5.41, 5.74) is 11.7. The fraction of sp³-hybridized carbons (Fsp3) is 0.250. The van der Waals surface area contributed by atoms with Crippen molar-refractivity contribution in [1.29, 1.82) is 0 Å². The van der Waals surface area contributed by atoms with E-state index in [0.29, 0.717) is 5.69 Å². The summed E-state index contributed by atoms with van der Waals surface area (Å²) in [5, 5.41) is 3.62. The molecular formula is C16H17N3. The van der Waals surface area contributed by atoms with Gasteiger partial charge in [-0.05, 0) is 48.4 Å². The SMILES string of the molecule is [N-]=[N+]=Nc1cccc(CCCCc2ccccc2)c1. The van der Waals surface area contributed by atoms with E-state index < -0.39 is 0 Å². The molecule has 0 unspecified atom stereocenters. The molecule has 0 atom stereocenters. The van der Waals surface area contributed by atoms with Gasteiger partial charge < -0.3 is 0 Å². The van der Waals surface area contributed by atoms with Crippen LogP contribution in [-0.4, -0.2) is 0 Å². The molecule has 0 saturated heterocycles. The number of benzene rings is 2. The molecule has 0 amide bonds. The Bertz CT molecular complexity index is 557. The number of aryl methyl sites for hydroxylation is 2. The lowest BCUT2D eigenvalue weighted by molar-refractivity contribution is 0.734. The van der Waals surface area contributed by atoms with Crippen molar-refractivity contribution in [2.24, 2.45) is 5.11 Å². The molecule has 0 heterocycles. The van der Waals surface area contributed by atoms with Gasteiger partial charge in [0, 0.05) is 10.6 Å². The molecule has 0 spiro atoms. The Kier molecular flexibility index (Phi) is 5.03. The molecule has 96 valence electrons. The third kappa shape index (κ3) is 4.49. The van der Waals surface area contributed by atoms with Crippen molar-refractivity contribution >= 4 is 5.69 Å². The molecule has 0 fully saturated rings. The zero-order chi connectivity index (χ0) is 13.3. The molecule has 3 heteroatoms. The van der Waals surface area contributed by atoms with E-state index in [9.17, 15) is 0 Å². The number of hydrogen-bond donors (Lipinski definition) is 0. The highest BCUT2D eigenvalue weighted by Crippen LogP contribution is 2.16. The molecule has 0 N–H and O–H groups in total. The van der Waals surface area contributed by atoms with Crippen LogP contribution in [-0.2, 0) is 12.8 Å². The summed E-state index contributed by atoms with van der Waals surface area (Å²) in [4.78, 5) is 2.81. The van der Waals surface area contributed by atoms with Gasteiger partial charge in [0.1, 0.15) is 0 Å². The molecule has 2 aromatic rings. The molecule has 0 aromatic heterocycles. The smallest absolute Gasteiger partial charge is 0.0378 e. The Balaban J connectivity index is 1.79. The first-order valence-electron chi connectivity index (χ1n) is 6.56. The van der Waals surface area contributed by atoms with Crippen LogP contribution in [0.15, 0.2) is 59.7 Å². The Morgan fingerprint density at radius 1 is 0.842 bits per heavy atom. The summed E-state index contributed by atoms with van der Waals surface area (Å²) in [6.07, 6.45) is 4.48. The monoisotopic (exact) mass is 251 g/mol. The van der Waals surface area contributed by atoms with Crippen molar-refractivity contribution in [3.8, 4) is 0 Å². The van der Waals surface area contributed by atoms with Crippen molar-refractivity contribution in [1.82, 2.24) is 0 Å². The second kappa shape index (κ2) is 7.24. The van der Waals surface area contributed by atoms with Crippen LogP contribution in [0.1, 0.15) is 24.0 Å². The Morgan fingerprint density at radius 3 is 2.26 bits per heavy atom. The first kappa shape index (κ1) is 13.2. The van der Waals surface area contributed by atoms with E-state index in [2.05, 4.69) is 40.4 Å². The van der Waals surface area contributed by atoms with Gasteiger partial charge in [0.25, 0.3) is 0 Å². The normalized spacial score (nSPS) is 9.89. The lowest BCUT2D eigenvalue weighted by Gasteiger charge is -2.03. The summed E-state index contributed by atoms with van der Waals surface area (Å²) in [6, 6.07) is 18.4. The molecular weight excluding hydrogens is 234 g/mol. The highest BCUT2D eigenvalue weighted by atomic mass is 15.1. The predicted molar refractivity (Wildman–Crippen MR) is 78.3 cm³/mol. The fourth-order valence-corrected chi connectivity index (χ4v) is 2.13. The molecule has 0 aliphatic carbocycles. The van der Waals surface area contributed by atoms with Crippen LogP contribution in [0.3, 0.4) is 0 Å². The van der Waals surface area contributed by atoms with E-state index in [0.717, 1.165) is 19.3 Å². The average Bonchev–Trinajstić information content (AvgIpc) is 2.46. The second-order valence-corrected chi connectivity index (χ2v) is 4.55. The second-order valence-electron chi connectivity index (χ2n) is 4.55. The maximum atomic E-state index is 8.41. The number of rotatable bonds is 6. The highest BCUT2D eigenvalue weighted by molar-refractivity contribution is 5.39. The van der Waals surface area contributed by atoms with Gasteiger partial charge in [-0.2, -0.15) is 0 Å². The molecule has 2 rings (SSSR count). The summed E-state index contributed by atoms with van der Waals surface area (Å²) in [7, 11) is 0. The molecule has 2 aromatic carbocycles. The van der Waals surface area contributed by atoms with Gasteiger partial charge in [-0.15, -0.1) is 0 Å². The summed E-state index contributed by atoms with van der Waals surface area (Å²) < 4.78 is 0. The van der Waals surface area contributed by atoms with Gasteiger partial charge in [-0.25, -0.2) is 0 Å². The number of nitrogens with zero attached hydrogens (tertiary/aromatic N) is 3. The van der Waals surface area contributed by atoms with Gasteiger partial charge in [-0.1, -0.05) is 53.6 Å². The zero-order valence-corrected chi connectivity index (χ0v) is 10.9. The van der Waals surface area contributed by atoms with E-state index >= 15 is 0 Å². The fourth-order valence-electron chi connectivity index (χ4n) is 2.13. The van der Waals surface area contributed by atoms with Crippen LogP contribution < -0.4 is 0 Å². The topological polar surface area (TPSA) is 48.8 Å². The minimum absolute atomic E-state index is 0.697. The third-order valence-corrected chi connectivity index (χ3v) is 3.09. The van der Waals surface area contributed by atoms with Gasteiger partial charge in [-0.3, -0.25) is 0 Å². The highest BCUT2D eigenvalue weighted by Gasteiger charge is 1.96. The zero-order valence-electron chi connectivity index (χ0n) is 10.9. The molecule has 0 bridgehead atoms. The molecule has 19 heavy (non-hydrogen) atoms. The Morgan fingerprint density at radius 2 is 1.53 bits per heavy atom. The first-order chi connectivity index (χ1) is 9.38. The summed E-state index contributed by atoms with van der Waals surface area (Å²) in [5.74, 6) is 0. The molecule has 0 aliphatic heterocycles. The van der Waals surface area contributed by atoms with E-state index in [1.54, 1.807) is 0 Å². The van der Waals surface area contributed by atoms with Gasteiger partial charge in [0.15, 0.2) is 0 Å². The van der Waals surface area contributed by atoms with E-state index in [4.69, 9.17) is 5.53 Å². The van der Waals surface area contributed by atoms with E-state index in [1.807, 2.05) is 24.3 Å². The van der Waals surface area contributed by atoms with Gasteiger partial charge in [0.05, 0.1) is 0 Å². The van der Waals surface area contributed by atoms with Crippen molar-refractivity contribution in [3.05, 3.63) is 76.2 Å². The number of azide groups is 1. The Hall–Kier alpha value is -2.25. The average molecular weight is 251 g/mol. The summed E-state index contributed by atoms with van der Waals surface area (Å²) >= 11 is 0. The van der Waals surface area contributed by atoms with Crippen molar-refractivity contribution in [2.45, 2.75) is 25.7 Å². The molecule has 0 saturated carbocycles. The van der Waals surface area contributed by atoms with Crippen molar-refractivity contribution in [2.75, 3.05) is 0 Å². The van der Waals surface area contributed by atoms with Gasteiger partial charge in [0.2, 0.25) is 0 Å². The van der Waals surface area contributed by atoms with Crippen molar-refractivity contribution in [3.63, 3.8) is 0 Å². The Labute approximate surface area is 113 Å². The maximum Gasteiger partial charge on any atom is 0.0378 e. The number of hydrogen-bond acceptors (Lipinski definition) is 1. The van der Waals surface area contributed by atoms with Crippen LogP contribution in [0, 0.1) is 0 Å². The van der Waals surface area contributed by atoms with E-state index in [1.165, 1.54) is 17.5 Å². The lowest BCUT2D eigenvalue weighted by atomic mass is 10.0. The van der Waals surface area contributed by atoms with E-state index in [-0.39, 0.29) is 0 Å². The minimum Gasteiger partial charge on any atom is -0.0622 e. The van der Waals surface area contributed by atoms with Gasteiger partial charge >= 0.3 is 0 Å².